The molecule has 0 aliphatic carbocycles. The van der Waals surface area contributed by atoms with Crippen LogP contribution in [0.15, 0.2) is 0 Å². The molecule has 1 saturated heterocycles. The molecule has 0 aromatic carbocycles. The van der Waals surface area contributed by atoms with Crippen molar-refractivity contribution < 1.29 is 13.7 Å². The molecule has 0 spiro atoms. The largest absolute Gasteiger partial charge is 0.465 e. The maximum atomic E-state index is 11.0. The van der Waals surface area contributed by atoms with E-state index in [1.807, 2.05) is 0 Å². The Hall–Kier alpha value is -0.420. The van der Waals surface area contributed by atoms with Crippen molar-refractivity contribution >= 4 is 16.8 Å². The van der Waals surface area contributed by atoms with Gasteiger partial charge in [0.15, 0.2) is 0 Å². The maximum absolute atomic E-state index is 11.0. The summed E-state index contributed by atoms with van der Waals surface area (Å²) in [6.07, 6.45) is 1.79. The van der Waals surface area contributed by atoms with Gasteiger partial charge in [0.1, 0.15) is 0 Å². The van der Waals surface area contributed by atoms with Gasteiger partial charge in [-0.1, -0.05) is 0 Å². The summed E-state index contributed by atoms with van der Waals surface area (Å²) in [4.78, 5) is 11.0. The number of hydrogen-bond donors (Lipinski definition) is 1. The van der Waals surface area contributed by atoms with E-state index in [2.05, 4.69) is 5.32 Å². The quantitative estimate of drug-likeness (QED) is 0.679. The molecular formula is C9H17NO3S. The third kappa shape index (κ3) is 4.19. The van der Waals surface area contributed by atoms with Crippen molar-refractivity contribution in [1.29, 1.82) is 0 Å². The number of carbonyl (C=O) groups excluding carboxylic acids is 1. The maximum Gasteiger partial charge on any atom is 0.319 e. The third-order valence-corrected chi connectivity index (χ3v) is 3.61. The van der Waals surface area contributed by atoms with Gasteiger partial charge in [-0.15, -0.1) is 0 Å². The fourth-order valence-corrected chi connectivity index (χ4v) is 2.74. The third-order valence-electron chi connectivity index (χ3n) is 2.23. The molecule has 1 fully saturated rings. The van der Waals surface area contributed by atoms with E-state index in [-0.39, 0.29) is 12.5 Å². The smallest absolute Gasteiger partial charge is 0.319 e. The topological polar surface area (TPSA) is 55.4 Å². The number of carbonyl (C=O) groups is 1. The molecule has 0 amide bonds. The molecular weight excluding hydrogens is 202 g/mol. The summed E-state index contributed by atoms with van der Waals surface area (Å²) in [5.41, 5.74) is 0. The zero-order valence-corrected chi connectivity index (χ0v) is 9.27. The first-order valence-corrected chi connectivity index (χ1v) is 6.45. The Bertz CT molecular complexity index is 210. The molecule has 0 aromatic rings. The summed E-state index contributed by atoms with van der Waals surface area (Å²) in [5.74, 6) is 1.29. The van der Waals surface area contributed by atoms with Crippen LogP contribution >= 0.6 is 0 Å². The molecule has 0 unspecified atom stereocenters. The van der Waals surface area contributed by atoms with E-state index < -0.39 is 10.8 Å². The molecule has 1 N–H and O–H groups in total. The first kappa shape index (κ1) is 11.7. The Morgan fingerprint density at radius 2 is 2.14 bits per heavy atom. The molecule has 1 heterocycles. The van der Waals surface area contributed by atoms with Gasteiger partial charge < -0.3 is 10.1 Å². The zero-order chi connectivity index (χ0) is 10.4. The minimum Gasteiger partial charge on any atom is -0.465 e. The summed E-state index contributed by atoms with van der Waals surface area (Å²) in [6, 6.07) is 0.331. The molecule has 0 atom stereocenters. The van der Waals surface area contributed by atoms with Crippen molar-refractivity contribution in [3.05, 3.63) is 0 Å². The molecule has 0 saturated carbocycles. The van der Waals surface area contributed by atoms with E-state index in [9.17, 15) is 9.00 Å². The van der Waals surface area contributed by atoms with E-state index in [4.69, 9.17) is 4.74 Å². The molecule has 0 bridgehead atoms. The highest BCUT2D eigenvalue weighted by Crippen LogP contribution is 2.08. The van der Waals surface area contributed by atoms with Crippen LogP contribution in [-0.2, 0) is 20.3 Å². The minimum absolute atomic E-state index is 0.209. The Labute approximate surface area is 86.9 Å². The summed E-state index contributed by atoms with van der Waals surface area (Å²) in [5, 5.41) is 3.12. The summed E-state index contributed by atoms with van der Waals surface area (Å²) < 4.78 is 15.8. The van der Waals surface area contributed by atoms with Crippen molar-refractivity contribution in [1.82, 2.24) is 5.32 Å². The molecule has 0 aromatic heterocycles. The van der Waals surface area contributed by atoms with Gasteiger partial charge in [0.2, 0.25) is 0 Å². The monoisotopic (exact) mass is 219 g/mol. The highest BCUT2D eigenvalue weighted by molar-refractivity contribution is 7.85. The van der Waals surface area contributed by atoms with E-state index in [1.165, 1.54) is 0 Å². The van der Waals surface area contributed by atoms with E-state index in [0.717, 1.165) is 24.3 Å². The highest BCUT2D eigenvalue weighted by Gasteiger charge is 2.17. The fourth-order valence-electron chi connectivity index (χ4n) is 1.44. The van der Waals surface area contributed by atoms with Crippen molar-refractivity contribution in [3.8, 4) is 0 Å². The summed E-state index contributed by atoms with van der Waals surface area (Å²) >= 11 is 0. The van der Waals surface area contributed by atoms with Gasteiger partial charge in [-0.3, -0.25) is 9.00 Å². The van der Waals surface area contributed by atoms with Gasteiger partial charge in [0.05, 0.1) is 13.2 Å². The van der Waals surface area contributed by atoms with Crippen LogP contribution in [0.2, 0.25) is 0 Å². The Balaban J connectivity index is 2.12. The molecule has 1 aliphatic rings. The average molecular weight is 219 g/mol. The van der Waals surface area contributed by atoms with E-state index >= 15 is 0 Å². The molecule has 14 heavy (non-hydrogen) atoms. The lowest BCUT2D eigenvalue weighted by atomic mass is 10.1. The Morgan fingerprint density at radius 1 is 1.50 bits per heavy atom. The normalized spacial score (nSPS) is 27.2. The summed E-state index contributed by atoms with van der Waals surface area (Å²) in [6.45, 7) is 2.49. The molecule has 1 aliphatic heterocycles. The van der Waals surface area contributed by atoms with Crippen LogP contribution in [-0.4, -0.2) is 40.9 Å². The van der Waals surface area contributed by atoms with E-state index in [1.54, 1.807) is 6.92 Å². The van der Waals surface area contributed by atoms with Gasteiger partial charge in [-0.05, 0) is 19.8 Å². The van der Waals surface area contributed by atoms with E-state index in [0.29, 0.717) is 12.6 Å². The molecule has 0 radical (unpaired) electrons. The lowest BCUT2D eigenvalue weighted by molar-refractivity contribution is -0.142. The van der Waals surface area contributed by atoms with Gasteiger partial charge in [0, 0.05) is 28.3 Å². The van der Waals surface area contributed by atoms with Crippen LogP contribution in [0.4, 0.5) is 0 Å². The second kappa shape index (κ2) is 6.14. The number of esters is 1. The van der Waals surface area contributed by atoms with Crippen molar-refractivity contribution in [2.45, 2.75) is 25.8 Å². The predicted octanol–water partition coefficient (Wildman–Crippen LogP) is 0.0502. The second-order valence-corrected chi connectivity index (χ2v) is 5.00. The van der Waals surface area contributed by atoms with Gasteiger partial charge in [0.25, 0.3) is 0 Å². The number of rotatable bonds is 4. The first-order valence-electron chi connectivity index (χ1n) is 4.96. The minimum atomic E-state index is -0.635. The Kier molecular flexibility index (Phi) is 5.11. The van der Waals surface area contributed by atoms with Crippen LogP contribution < -0.4 is 5.32 Å². The van der Waals surface area contributed by atoms with Crippen molar-refractivity contribution in [2.24, 2.45) is 0 Å². The number of ether oxygens (including phenoxy) is 1. The highest BCUT2D eigenvalue weighted by atomic mass is 32.2. The van der Waals surface area contributed by atoms with Gasteiger partial charge in [-0.25, -0.2) is 0 Å². The lowest BCUT2D eigenvalue weighted by Crippen LogP contribution is -2.39. The predicted molar refractivity (Wildman–Crippen MR) is 55.5 cm³/mol. The number of hydrogen-bond acceptors (Lipinski definition) is 4. The fraction of sp³-hybridized carbons (Fsp3) is 0.889. The van der Waals surface area contributed by atoms with Crippen LogP contribution in [0.25, 0.3) is 0 Å². The Morgan fingerprint density at radius 3 is 2.71 bits per heavy atom. The van der Waals surface area contributed by atoms with Gasteiger partial charge >= 0.3 is 5.97 Å². The summed E-state index contributed by atoms with van der Waals surface area (Å²) in [7, 11) is -0.635. The molecule has 5 heteroatoms. The van der Waals surface area contributed by atoms with Crippen LogP contribution in [0.1, 0.15) is 19.8 Å². The molecule has 1 rings (SSSR count). The standard InChI is InChI=1S/C9H17NO3S/c1-2-13-9(11)7-10-8-3-5-14(12)6-4-8/h8,10H,2-7H2,1H3. The molecule has 4 nitrogen and oxygen atoms in total. The second-order valence-electron chi connectivity index (χ2n) is 3.31. The van der Waals surface area contributed by atoms with Crippen molar-refractivity contribution in [2.75, 3.05) is 24.7 Å². The van der Waals surface area contributed by atoms with Crippen LogP contribution in [0, 0.1) is 0 Å². The number of nitrogens with one attached hydrogen (secondary N) is 1. The lowest BCUT2D eigenvalue weighted by Gasteiger charge is -2.21. The average Bonchev–Trinajstić information content (AvgIpc) is 2.17. The van der Waals surface area contributed by atoms with Crippen LogP contribution in [0.5, 0.6) is 0 Å². The van der Waals surface area contributed by atoms with Crippen LogP contribution in [0.3, 0.4) is 0 Å². The first-order chi connectivity index (χ1) is 6.72. The SMILES string of the molecule is CCOC(=O)CNC1CCS(=O)CC1. The van der Waals surface area contributed by atoms with Gasteiger partial charge in [-0.2, -0.15) is 0 Å². The zero-order valence-electron chi connectivity index (χ0n) is 8.45. The molecule has 82 valence electrons. The van der Waals surface area contributed by atoms with Crippen molar-refractivity contribution in [3.63, 3.8) is 0 Å².